The Morgan fingerprint density at radius 2 is 1.67 bits per heavy atom. The van der Waals surface area contributed by atoms with Gasteiger partial charge in [0.2, 0.25) is 10.0 Å². The second kappa shape index (κ2) is 6.51. The molecule has 0 radical (unpaired) electrons. The Morgan fingerprint density at radius 1 is 1.14 bits per heavy atom. The molecular weight excluding hydrogens is 333 g/mol. The smallest absolute Gasteiger partial charge is 0.243 e. The quantitative estimate of drug-likeness (QED) is 0.840. The third-order valence-corrected chi connectivity index (χ3v) is 5.79. The Kier molecular flexibility index (Phi) is 5.12. The average Bonchev–Trinajstić information content (AvgIpc) is 2.45. The minimum atomic E-state index is -3.61. The number of piperazine rings is 1. The van der Waals surface area contributed by atoms with Crippen LogP contribution < -0.4 is 0 Å². The highest BCUT2D eigenvalue weighted by Crippen LogP contribution is 2.25. The molecular formula is C13H15Cl2N3O2S. The fourth-order valence-corrected chi connectivity index (χ4v) is 4.39. The highest BCUT2D eigenvalue weighted by atomic mass is 35.5. The Balaban J connectivity index is 2.17. The zero-order valence-electron chi connectivity index (χ0n) is 11.5. The minimum absolute atomic E-state index is 0.0989. The van der Waals surface area contributed by atoms with Crippen LogP contribution in [0.15, 0.2) is 23.1 Å². The van der Waals surface area contributed by atoms with Crippen molar-refractivity contribution in [1.82, 2.24) is 9.21 Å². The van der Waals surface area contributed by atoms with E-state index in [2.05, 4.69) is 6.07 Å². The first kappa shape index (κ1) is 16.5. The molecule has 114 valence electrons. The van der Waals surface area contributed by atoms with Gasteiger partial charge in [0.1, 0.15) is 0 Å². The number of nitriles is 1. The number of rotatable bonds is 3. The van der Waals surface area contributed by atoms with Crippen LogP contribution in [0.25, 0.3) is 0 Å². The van der Waals surface area contributed by atoms with Gasteiger partial charge in [-0.05, 0) is 25.1 Å². The van der Waals surface area contributed by atoms with E-state index >= 15 is 0 Å². The van der Waals surface area contributed by atoms with Gasteiger partial charge in [0.15, 0.2) is 0 Å². The summed E-state index contributed by atoms with van der Waals surface area (Å²) in [5.41, 5.74) is 0. The summed E-state index contributed by atoms with van der Waals surface area (Å²) in [6.45, 7) is 3.56. The van der Waals surface area contributed by atoms with Gasteiger partial charge in [-0.2, -0.15) is 9.57 Å². The van der Waals surface area contributed by atoms with Crippen molar-refractivity contribution < 1.29 is 8.42 Å². The van der Waals surface area contributed by atoms with Gasteiger partial charge in [0.05, 0.1) is 17.0 Å². The van der Waals surface area contributed by atoms with E-state index in [0.717, 1.165) is 0 Å². The Morgan fingerprint density at radius 3 is 2.14 bits per heavy atom. The standard InChI is InChI=1S/C13H15Cl2N3O2S/c1-10(9-16)17-2-4-18(5-3-17)21(19,20)13-7-11(14)6-12(15)8-13/h6-8,10H,2-5H2,1H3. The first-order valence-electron chi connectivity index (χ1n) is 6.44. The first-order chi connectivity index (χ1) is 9.84. The minimum Gasteiger partial charge on any atom is -0.286 e. The van der Waals surface area contributed by atoms with E-state index < -0.39 is 10.0 Å². The number of nitrogens with zero attached hydrogens (tertiary/aromatic N) is 3. The highest BCUT2D eigenvalue weighted by molar-refractivity contribution is 7.89. The number of benzene rings is 1. The second-order valence-electron chi connectivity index (χ2n) is 4.85. The molecule has 1 atom stereocenters. The highest BCUT2D eigenvalue weighted by Gasteiger charge is 2.30. The molecule has 1 aromatic rings. The second-order valence-corrected chi connectivity index (χ2v) is 7.66. The molecule has 0 amide bonds. The Labute approximate surface area is 134 Å². The molecule has 1 aliphatic heterocycles. The summed E-state index contributed by atoms with van der Waals surface area (Å²) in [6, 6.07) is 6.23. The molecule has 1 fully saturated rings. The van der Waals surface area contributed by atoms with Crippen molar-refractivity contribution in [2.24, 2.45) is 0 Å². The van der Waals surface area contributed by atoms with Crippen molar-refractivity contribution in [1.29, 1.82) is 5.26 Å². The monoisotopic (exact) mass is 347 g/mol. The lowest BCUT2D eigenvalue weighted by Gasteiger charge is -2.35. The molecule has 0 bridgehead atoms. The van der Waals surface area contributed by atoms with Crippen molar-refractivity contribution in [3.8, 4) is 6.07 Å². The van der Waals surface area contributed by atoms with E-state index in [1.54, 1.807) is 6.92 Å². The van der Waals surface area contributed by atoms with Crippen molar-refractivity contribution >= 4 is 33.2 Å². The summed E-state index contributed by atoms with van der Waals surface area (Å²) in [5, 5.41) is 9.48. The summed E-state index contributed by atoms with van der Waals surface area (Å²) in [7, 11) is -3.61. The summed E-state index contributed by atoms with van der Waals surface area (Å²) in [4.78, 5) is 2.05. The summed E-state index contributed by atoms with van der Waals surface area (Å²) in [6.07, 6.45) is 0. The maximum atomic E-state index is 12.6. The van der Waals surface area contributed by atoms with Crippen molar-refractivity contribution in [3.63, 3.8) is 0 Å². The van der Waals surface area contributed by atoms with Gasteiger partial charge in [-0.15, -0.1) is 0 Å². The Bertz CT molecular complexity index is 644. The molecule has 0 spiro atoms. The topological polar surface area (TPSA) is 64.4 Å². The molecule has 1 aromatic carbocycles. The van der Waals surface area contributed by atoms with E-state index in [1.807, 2.05) is 4.90 Å². The van der Waals surface area contributed by atoms with Gasteiger partial charge >= 0.3 is 0 Å². The van der Waals surface area contributed by atoms with E-state index in [-0.39, 0.29) is 21.0 Å². The lowest BCUT2D eigenvalue weighted by molar-refractivity contribution is 0.169. The maximum Gasteiger partial charge on any atom is 0.243 e. The summed E-state index contributed by atoms with van der Waals surface area (Å²) < 4.78 is 26.5. The van der Waals surface area contributed by atoms with Crippen molar-refractivity contribution in [2.75, 3.05) is 26.2 Å². The molecule has 1 aliphatic rings. The van der Waals surface area contributed by atoms with Gasteiger partial charge in [-0.1, -0.05) is 23.2 Å². The third kappa shape index (κ3) is 3.68. The summed E-state index contributed by atoms with van der Waals surface area (Å²) >= 11 is 11.7. The van der Waals surface area contributed by atoms with Gasteiger partial charge in [0.25, 0.3) is 0 Å². The molecule has 2 rings (SSSR count). The van der Waals surface area contributed by atoms with Crippen LogP contribution in [-0.4, -0.2) is 49.8 Å². The van der Waals surface area contributed by atoms with Gasteiger partial charge in [0, 0.05) is 36.2 Å². The van der Waals surface area contributed by atoms with Crippen LogP contribution >= 0.6 is 23.2 Å². The molecule has 21 heavy (non-hydrogen) atoms. The zero-order chi connectivity index (χ0) is 15.6. The lowest BCUT2D eigenvalue weighted by atomic mass is 10.2. The fourth-order valence-electron chi connectivity index (χ4n) is 2.24. The average molecular weight is 348 g/mol. The van der Waals surface area contributed by atoms with Crippen molar-refractivity contribution in [3.05, 3.63) is 28.2 Å². The van der Waals surface area contributed by atoms with E-state index in [0.29, 0.717) is 26.2 Å². The number of sulfonamides is 1. The largest absolute Gasteiger partial charge is 0.286 e. The Hall–Kier alpha value is -0.840. The van der Waals surface area contributed by atoms with Gasteiger partial charge in [-0.3, -0.25) is 4.90 Å². The van der Waals surface area contributed by atoms with Crippen LogP contribution in [0, 0.1) is 11.3 Å². The van der Waals surface area contributed by atoms with E-state index in [1.165, 1.54) is 22.5 Å². The summed E-state index contributed by atoms with van der Waals surface area (Å²) in [5.74, 6) is 0. The van der Waals surface area contributed by atoms with Gasteiger partial charge < -0.3 is 0 Å². The predicted molar refractivity (Wildman–Crippen MR) is 81.9 cm³/mol. The number of hydrogen-bond acceptors (Lipinski definition) is 4. The zero-order valence-corrected chi connectivity index (χ0v) is 13.8. The van der Waals surface area contributed by atoms with Crippen LogP contribution in [0.1, 0.15) is 6.92 Å². The van der Waals surface area contributed by atoms with Crippen LogP contribution in [0.5, 0.6) is 0 Å². The predicted octanol–water partition coefficient (Wildman–Crippen LogP) is 2.21. The molecule has 0 saturated carbocycles. The normalized spacial score (nSPS) is 19.1. The van der Waals surface area contributed by atoms with E-state index in [9.17, 15) is 8.42 Å². The number of halogens is 2. The SMILES string of the molecule is CC(C#N)N1CCN(S(=O)(=O)c2cc(Cl)cc(Cl)c2)CC1. The van der Waals surface area contributed by atoms with Crippen LogP contribution in [0.4, 0.5) is 0 Å². The fraction of sp³-hybridized carbons (Fsp3) is 0.462. The molecule has 8 heteroatoms. The lowest BCUT2D eigenvalue weighted by Crippen LogP contribution is -2.50. The van der Waals surface area contributed by atoms with Crippen LogP contribution in [0.3, 0.4) is 0 Å². The van der Waals surface area contributed by atoms with Crippen LogP contribution in [0.2, 0.25) is 10.0 Å². The molecule has 5 nitrogen and oxygen atoms in total. The van der Waals surface area contributed by atoms with Gasteiger partial charge in [-0.25, -0.2) is 8.42 Å². The molecule has 0 N–H and O–H groups in total. The molecule has 1 saturated heterocycles. The number of hydrogen-bond donors (Lipinski definition) is 0. The third-order valence-electron chi connectivity index (χ3n) is 3.48. The first-order valence-corrected chi connectivity index (χ1v) is 8.64. The molecule has 0 aliphatic carbocycles. The molecule has 1 heterocycles. The van der Waals surface area contributed by atoms with Crippen LogP contribution in [-0.2, 0) is 10.0 Å². The molecule has 0 aromatic heterocycles. The maximum absolute atomic E-state index is 12.6. The van der Waals surface area contributed by atoms with E-state index in [4.69, 9.17) is 28.5 Å². The molecule has 1 unspecified atom stereocenters. The van der Waals surface area contributed by atoms with Crippen molar-refractivity contribution in [2.45, 2.75) is 17.9 Å².